The summed E-state index contributed by atoms with van der Waals surface area (Å²) in [5.74, 6) is 0.709. The summed E-state index contributed by atoms with van der Waals surface area (Å²) in [7, 11) is 0. The van der Waals surface area contributed by atoms with Crippen LogP contribution in [0.25, 0.3) is 0 Å². The van der Waals surface area contributed by atoms with Crippen molar-refractivity contribution in [1.29, 1.82) is 0 Å². The van der Waals surface area contributed by atoms with Gasteiger partial charge in [0.15, 0.2) is 0 Å². The summed E-state index contributed by atoms with van der Waals surface area (Å²) in [5.41, 5.74) is 2.34. The van der Waals surface area contributed by atoms with Gasteiger partial charge in [0.05, 0.1) is 16.8 Å². The summed E-state index contributed by atoms with van der Waals surface area (Å²) in [6.45, 7) is 6.18. The quantitative estimate of drug-likeness (QED) is 0.852. The number of aliphatic hydroxyl groups excluding tert-OH is 1. The minimum Gasteiger partial charge on any atom is -0.392 e. The highest BCUT2D eigenvalue weighted by Crippen LogP contribution is 2.22. The van der Waals surface area contributed by atoms with E-state index >= 15 is 0 Å². The number of benzene rings is 1. The van der Waals surface area contributed by atoms with Crippen molar-refractivity contribution in [2.24, 2.45) is 0 Å². The molecule has 0 fully saturated rings. The molecule has 2 aromatic rings. The van der Waals surface area contributed by atoms with Crippen molar-refractivity contribution >= 4 is 23.1 Å². The van der Waals surface area contributed by atoms with Crippen molar-refractivity contribution in [1.82, 2.24) is 4.98 Å². The van der Waals surface area contributed by atoms with Crippen LogP contribution in [-0.2, 0) is 6.42 Å². The van der Waals surface area contributed by atoms with Crippen LogP contribution in [0, 0.1) is 20.8 Å². The molecule has 1 heterocycles. The Balaban J connectivity index is 1.86. The zero-order valence-corrected chi connectivity index (χ0v) is 13.1. The molecule has 1 N–H and O–H groups in total. The van der Waals surface area contributed by atoms with Gasteiger partial charge >= 0.3 is 0 Å². The van der Waals surface area contributed by atoms with E-state index in [0.717, 1.165) is 10.7 Å². The predicted molar refractivity (Wildman–Crippen MR) is 83.2 cm³/mol. The van der Waals surface area contributed by atoms with Crippen LogP contribution >= 0.6 is 23.1 Å². The fourth-order valence-electron chi connectivity index (χ4n) is 1.78. The number of nitrogens with zero attached hydrogens (tertiary/aromatic N) is 1. The Morgan fingerprint density at radius 2 is 2.11 bits per heavy atom. The zero-order valence-electron chi connectivity index (χ0n) is 11.5. The number of thioether (sulfide) groups is 1. The summed E-state index contributed by atoms with van der Waals surface area (Å²) >= 11 is 3.39. The molecule has 2 nitrogen and oxygen atoms in total. The number of aliphatic hydroxyl groups is 1. The Labute approximate surface area is 122 Å². The van der Waals surface area contributed by atoms with Crippen LogP contribution in [0.4, 0.5) is 0 Å². The normalized spacial score (nSPS) is 12.6. The van der Waals surface area contributed by atoms with Gasteiger partial charge in [0.2, 0.25) is 0 Å². The van der Waals surface area contributed by atoms with Crippen LogP contribution < -0.4 is 0 Å². The highest BCUT2D eigenvalue weighted by atomic mass is 32.2. The highest BCUT2D eigenvalue weighted by Gasteiger charge is 2.11. The van der Waals surface area contributed by atoms with Crippen molar-refractivity contribution in [2.75, 3.05) is 5.75 Å². The molecule has 0 radical (unpaired) electrons. The van der Waals surface area contributed by atoms with E-state index < -0.39 is 0 Å². The molecule has 0 bridgehead atoms. The molecule has 0 aliphatic carbocycles. The van der Waals surface area contributed by atoms with Crippen LogP contribution in [0.15, 0.2) is 29.2 Å². The third-order valence-corrected chi connectivity index (χ3v) is 5.15. The Bertz CT molecular complexity index is 531. The molecule has 1 aromatic heterocycles. The van der Waals surface area contributed by atoms with Crippen molar-refractivity contribution in [2.45, 2.75) is 38.2 Å². The molecule has 102 valence electrons. The van der Waals surface area contributed by atoms with Gasteiger partial charge in [-0.05, 0) is 32.9 Å². The molecule has 2 rings (SSSR count). The van der Waals surface area contributed by atoms with Gasteiger partial charge in [0, 0.05) is 21.9 Å². The predicted octanol–water partition coefficient (Wildman–Crippen LogP) is 3.76. The summed E-state index contributed by atoms with van der Waals surface area (Å²) in [4.78, 5) is 6.93. The average Bonchev–Trinajstić information content (AvgIpc) is 2.66. The Kier molecular flexibility index (Phi) is 5.02. The number of aromatic nitrogens is 1. The minimum absolute atomic E-state index is 0.338. The topological polar surface area (TPSA) is 33.1 Å². The van der Waals surface area contributed by atoms with Crippen LogP contribution in [-0.4, -0.2) is 21.9 Å². The van der Waals surface area contributed by atoms with Crippen LogP contribution in [0.1, 0.15) is 21.1 Å². The summed E-state index contributed by atoms with van der Waals surface area (Å²) in [6.07, 6.45) is 0.313. The first-order valence-corrected chi connectivity index (χ1v) is 8.15. The lowest BCUT2D eigenvalue weighted by Gasteiger charge is -2.08. The molecule has 1 unspecified atom stereocenters. The van der Waals surface area contributed by atoms with Gasteiger partial charge in [-0.2, -0.15) is 0 Å². The first-order valence-electron chi connectivity index (χ1n) is 6.35. The molecule has 0 saturated carbocycles. The van der Waals surface area contributed by atoms with Crippen molar-refractivity contribution < 1.29 is 5.11 Å². The minimum atomic E-state index is -0.338. The van der Waals surface area contributed by atoms with Crippen molar-refractivity contribution in [3.05, 3.63) is 45.4 Å². The SMILES string of the molecule is Cc1cccc(SCC(O)Cc2nc(C)c(C)s2)c1. The second kappa shape index (κ2) is 6.55. The van der Waals surface area contributed by atoms with E-state index in [9.17, 15) is 5.11 Å². The molecule has 19 heavy (non-hydrogen) atoms. The molecular formula is C15H19NOS2. The van der Waals surface area contributed by atoms with E-state index in [-0.39, 0.29) is 6.10 Å². The number of aryl methyl sites for hydroxylation is 3. The maximum Gasteiger partial charge on any atom is 0.0956 e. The van der Waals surface area contributed by atoms with Gasteiger partial charge in [-0.15, -0.1) is 23.1 Å². The van der Waals surface area contributed by atoms with E-state index in [1.165, 1.54) is 15.3 Å². The summed E-state index contributed by atoms with van der Waals surface area (Å²) < 4.78 is 0. The third kappa shape index (κ3) is 4.34. The van der Waals surface area contributed by atoms with Gasteiger partial charge in [-0.3, -0.25) is 0 Å². The molecule has 0 amide bonds. The van der Waals surface area contributed by atoms with Gasteiger partial charge in [-0.25, -0.2) is 4.98 Å². The monoisotopic (exact) mass is 293 g/mol. The van der Waals surface area contributed by atoms with Gasteiger partial charge in [0.25, 0.3) is 0 Å². The smallest absolute Gasteiger partial charge is 0.0956 e. The lowest BCUT2D eigenvalue weighted by Crippen LogP contribution is -2.13. The zero-order chi connectivity index (χ0) is 13.8. The first-order chi connectivity index (χ1) is 9.04. The molecule has 0 spiro atoms. The second-order valence-electron chi connectivity index (χ2n) is 4.73. The van der Waals surface area contributed by atoms with E-state index in [1.807, 2.05) is 6.92 Å². The van der Waals surface area contributed by atoms with Crippen LogP contribution in [0.3, 0.4) is 0 Å². The summed E-state index contributed by atoms with van der Waals surface area (Å²) in [6, 6.07) is 8.37. The molecule has 0 saturated heterocycles. The van der Waals surface area contributed by atoms with Crippen LogP contribution in [0.5, 0.6) is 0 Å². The standard InChI is InChI=1S/C15H19NOS2/c1-10-5-4-6-14(7-10)18-9-13(17)8-15-16-11(2)12(3)19-15/h4-7,13,17H,8-9H2,1-3H3. The maximum atomic E-state index is 10.1. The first kappa shape index (κ1) is 14.6. The van der Waals surface area contributed by atoms with E-state index in [4.69, 9.17) is 0 Å². The van der Waals surface area contributed by atoms with E-state index in [0.29, 0.717) is 12.2 Å². The van der Waals surface area contributed by atoms with Crippen molar-refractivity contribution in [3.63, 3.8) is 0 Å². The molecular weight excluding hydrogens is 274 g/mol. The number of rotatable bonds is 5. The lowest BCUT2D eigenvalue weighted by molar-refractivity contribution is 0.200. The highest BCUT2D eigenvalue weighted by molar-refractivity contribution is 7.99. The average molecular weight is 293 g/mol. The third-order valence-electron chi connectivity index (χ3n) is 2.91. The van der Waals surface area contributed by atoms with E-state index in [1.54, 1.807) is 23.1 Å². The Morgan fingerprint density at radius 3 is 2.74 bits per heavy atom. The van der Waals surface area contributed by atoms with Crippen LogP contribution in [0.2, 0.25) is 0 Å². The molecule has 1 atom stereocenters. The Morgan fingerprint density at radius 1 is 1.32 bits per heavy atom. The number of thiazole rings is 1. The lowest BCUT2D eigenvalue weighted by atomic mass is 10.2. The molecule has 0 aliphatic rings. The fourth-order valence-corrected chi connectivity index (χ4v) is 3.74. The number of hydrogen-bond donors (Lipinski definition) is 1. The fraction of sp³-hybridized carbons (Fsp3) is 0.400. The maximum absolute atomic E-state index is 10.1. The van der Waals surface area contributed by atoms with Gasteiger partial charge < -0.3 is 5.11 Å². The second-order valence-corrected chi connectivity index (χ2v) is 7.12. The Hall–Kier alpha value is -0.840. The van der Waals surface area contributed by atoms with Gasteiger partial charge in [-0.1, -0.05) is 17.7 Å². The summed E-state index contributed by atoms with van der Waals surface area (Å²) in [5, 5.41) is 11.1. The van der Waals surface area contributed by atoms with E-state index in [2.05, 4.69) is 43.1 Å². The largest absolute Gasteiger partial charge is 0.392 e. The molecule has 4 heteroatoms. The molecule has 0 aliphatic heterocycles. The van der Waals surface area contributed by atoms with Gasteiger partial charge in [0.1, 0.15) is 0 Å². The number of hydrogen-bond acceptors (Lipinski definition) is 4. The molecule has 1 aromatic carbocycles. The van der Waals surface area contributed by atoms with Crippen molar-refractivity contribution in [3.8, 4) is 0 Å².